The quantitative estimate of drug-likeness (QED) is 0.690. The fourth-order valence-electron chi connectivity index (χ4n) is 2.96. The minimum Gasteiger partial charge on any atom is -0.507 e. The number of anilines is 1. The maximum absolute atomic E-state index is 12.6. The highest BCUT2D eigenvalue weighted by atomic mass is 32.1. The van der Waals surface area contributed by atoms with Gasteiger partial charge in [0.05, 0.1) is 17.3 Å². The predicted molar refractivity (Wildman–Crippen MR) is 116 cm³/mol. The van der Waals surface area contributed by atoms with Gasteiger partial charge >= 0.3 is 0 Å². The zero-order valence-electron chi connectivity index (χ0n) is 16.6. The van der Waals surface area contributed by atoms with Crippen LogP contribution < -0.4 is 24.8 Å². The number of nitrogens with one attached hydrogen (secondary N) is 1. The van der Waals surface area contributed by atoms with Gasteiger partial charge in [0.25, 0.3) is 11.5 Å². The van der Waals surface area contributed by atoms with Gasteiger partial charge in [0.2, 0.25) is 0 Å². The number of rotatable bonds is 4. The lowest BCUT2D eigenvalue weighted by Crippen LogP contribution is -2.29. The number of aromatic nitrogens is 1. The number of hydrogen-bond acceptors (Lipinski definition) is 5. The lowest BCUT2D eigenvalue weighted by Gasteiger charge is -2.07. The SMILES string of the molecule is COc1ccccc1NC(=O)C=c1sc(=Cc2cc(C)c(O)c(C)c2)c(=O)n1C. The Morgan fingerprint density at radius 2 is 1.86 bits per heavy atom. The summed E-state index contributed by atoms with van der Waals surface area (Å²) in [6.45, 7) is 3.63. The van der Waals surface area contributed by atoms with E-state index in [1.807, 2.05) is 32.0 Å². The minimum absolute atomic E-state index is 0.185. The van der Waals surface area contributed by atoms with Gasteiger partial charge in [-0.2, -0.15) is 0 Å². The molecule has 0 fully saturated rings. The molecule has 0 atom stereocenters. The van der Waals surface area contributed by atoms with Crippen LogP contribution in [0.3, 0.4) is 0 Å². The van der Waals surface area contributed by atoms with Crippen molar-refractivity contribution in [3.05, 3.63) is 72.6 Å². The van der Waals surface area contributed by atoms with Gasteiger partial charge < -0.3 is 19.7 Å². The van der Waals surface area contributed by atoms with Crippen molar-refractivity contribution in [1.29, 1.82) is 0 Å². The van der Waals surface area contributed by atoms with Gasteiger partial charge in [-0.05, 0) is 60.9 Å². The Morgan fingerprint density at radius 3 is 2.52 bits per heavy atom. The van der Waals surface area contributed by atoms with Crippen LogP contribution in [0.5, 0.6) is 11.5 Å². The van der Waals surface area contributed by atoms with Crippen molar-refractivity contribution >= 4 is 35.1 Å². The van der Waals surface area contributed by atoms with E-state index in [4.69, 9.17) is 4.74 Å². The molecule has 0 bridgehead atoms. The number of para-hydroxylation sites is 2. The standard InChI is InChI=1S/C22H22N2O4S/c1-13-9-15(10-14(2)21(13)26)11-18-22(27)24(3)20(29-18)12-19(25)23-16-7-5-6-8-17(16)28-4/h5-12,26H,1-4H3,(H,23,25). The molecule has 0 spiro atoms. The molecule has 0 saturated carbocycles. The first-order valence-corrected chi connectivity index (χ1v) is 9.75. The fraction of sp³-hybridized carbons (Fsp3) is 0.182. The van der Waals surface area contributed by atoms with Gasteiger partial charge in [-0.25, -0.2) is 0 Å². The van der Waals surface area contributed by atoms with Gasteiger partial charge in [0.15, 0.2) is 0 Å². The van der Waals surface area contributed by atoms with E-state index < -0.39 is 0 Å². The number of phenols is 1. The number of benzene rings is 2. The molecule has 2 aromatic carbocycles. The van der Waals surface area contributed by atoms with E-state index >= 15 is 0 Å². The molecule has 0 aliphatic rings. The highest BCUT2D eigenvalue weighted by Crippen LogP contribution is 2.23. The average molecular weight is 410 g/mol. The van der Waals surface area contributed by atoms with Crippen LogP contribution in [0.4, 0.5) is 5.69 Å². The van der Waals surface area contributed by atoms with E-state index in [0.717, 1.165) is 16.7 Å². The van der Waals surface area contributed by atoms with Crippen LogP contribution in [0.2, 0.25) is 0 Å². The predicted octanol–water partition coefficient (Wildman–Crippen LogP) is 2.03. The zero-order valence-corrected chi connectivity index (χ0v) is 17.5. The van der Waals surface area contributed by atoms with Crippen molar-refractivity contribution < 1.29 is 14.6 Å². The van der Waals surface area contributed by atoms with Crippen LogP contribution in [0.1, 0.15) is 16.7 Å². The zero-order chi connectivity index (χ0) is 21.1. The normalized spacial score (nSPS) is 12.3. The second kappa shape index (κ2) is 8.36. The Labute approximate surface area is 172 Å². The molecule has 6 nitrogen and oxygen atoms in total. The van der Waals surface area contributed by atoms with Crippen LogP contribution in [0.25, 0.3) is 12.2 Å². The van der Waals surface area contributed by atoms with Crippen LogP contribution >= 0.6 is 11.3 Å². The number of ether oxygens (including phenoxy) is 1. The summed E-state index contributed by atoms with van der Waals surface area (Å²) in [6, 6.07) is 10.8. The molecule has 1 amide bonds. The monoisotopic (exact) mass is 410 g/mol. The van der Waals surface area contributed by atoms with Crippen LogP contribution in [-0.4, -0.2) is 22.7 Å². The maximum atomic E-state index is 12.6. The molecule has 3 aromatic rings. The third kappa shape index (κ3) is 4.41. The summed E-state index contributed by atoms with van der Waals surface area (Å²) < 4.78 is 7.71. The summed E-state index contributed by atoms with van der Waals surface area (Å²) in [7, 11) is 3.16. The number of aryl methyl sites for hydroxylation is 2. The average Bonchev–Trinajstić information content (AvgIpc) is 2.94. The number of methoxy groups -OCH3 is 1. The summed E-state index contributed by atoms with van der Waals surface area (Å²) in [4.78, 5) is 25.0. The first kappa shape index (κ1) is 20.4. The number of phenolic OH excluding ortho intramolecular Hbond substituents is 1. The Kier molecular flexibility index (Phi) is 5.89. The van der Waals surface area contributed by atoms with Crippen molar-refractivity contribution in [3.8, 4) is 11.5 Å². The molecule has 7 heteroatoms. The Balaban J connectivity index is 1.98. The Bertz CT molecular complexity index is 1230. The molecule has 29 heavy (non-hydrogen) atoms. The molecular formula is C22H22N2O4S. The summed E-state index contributed by atoms with van der Waals surface area (Å²) in [5.41, 5.74) is 2.68. The van der Waals surface area contributed by atoms with E-state index in [-0.39, 0.29) is 17.2 Å². The summed E-state index contributed by atoms with van der Waals surface area (Å²) in [5.74, 6) is 0.457. The summed E-state index contributed by atoms with van der Waals surface area (Å²) in [6.07, 6.45) is 3.16. The van der Waals surface area contributed by atoms with Crippen LogP contribution in [-0.2, 0) is 11.8 Å². The van der Waals surface area contributed by atoms with E-state index in [2.05, 4.69) is 5.32 Å². The van der Waals surface area contributed by atoms with Crippen molar-refractivity contribution in [1.82, 2.24) is 4.57 Å². The van der Waals surface area contributed by atoms with Crippen molar-refractivity contribution in [2.45, 2.75) is 13.8 Å². The lowest BCUT2D eigenvalue weighted by molar-refractivity contribution is -0.110. The van der Waals surface area contributed by atoms with Gasteiger partial charge in [0, 0.05) is 13.1 Å². The number of carbonyl (C=O) groups is 1. The molecule has 0 saturated heterocycles. The molecule has 0 radical (unpaired) electrons. The third-order valence-corrected chi connectivity index (χ3v) is 5.60. The molecule has 0 aliphatic heterocycles. The first-order valence-electron chi connectivity index (χ1n) is 8.93. The van der Waals surface area contributed by atoms with Crippen molar-refractivity contribution in [2.75, 3.05) is 12.4 Å². The number of amides is 1. The highest BCUT2D eigenvalue weighted by molar-refractivity contribution is 7.07. The largest absolute Gasteiger partial charge is 0.507 e. The molecule has 0 unspecified atom stereocenters. The Hall–Kier alpha value is -3.32. The van der Waals surface area contributed by atoms with Crippen molar-refractivity contribution in [3.63, 3.8) is 0 Å². The Morgan fingerprint density at radius 1 is 1.21 bits per heavy atom. The van der Waals surface area contributed by atoms with Gasteiger partial charge in [0.1, 0.15) is 16.2 Å². The minimum atomic E-state index is -0.353. The molecule has 3 rings (SSSR count). The smallest absolute Gasteiger partial charge is 0.268 e. The van der Waals surface area contributed by atoms with Gasteiger partial charge in [-0.15, -0.1) is 11.3 Å². The topological polar surface area (TPSA) is 80.6 Å². The number of carbonyl (C=O) groups excluding carboxylic acids is 1. The molecular weight excluding hydrogens is 388 g/mol. The van der Waals surface area contributed by atoms with Crippen molar-refractivity contribution in [2.24, 2.45) is 7.05 Å². The van der Waals surface area contributed by atoms with Gasteiger partial charge in [-0.3, -0.25) is 9.59 Å². The van der Waals surface area contributed by atoms with E-state index in [9.17, 15) is 14.7 Å². The molecule has 1 aromatic heterocycles. The summed E-state index contributed by atoms with van der Waals surface area (Å²) >= 11 is 1.23. The number of thiazole rings is 1. The van der Waals surface area contributed by atoms with E-state index in [1.165, 1.54) is 29.1 Å². The second-order valence-corrected chi connectivity index (χ2v) is 7.71. The second-order valence-electron chi connectivity index (χ2n) is 6.65. The van der Waals surface area contributed by atoms with Gasteiger partial charge in [-0.1, -0.05) is 12.1 Å². The fourth-order valence-corrected chi connectivity index (χ4v) is 3.99. The lowest BCUT2D eigenvalue weighted by atomic mass is 10.1. The number of hydrogen-bond donors (Lipinski definition) is 2. The number of aromatic hydroxyl groups is 1. The summed E-state index contributed by atoms with van der Waals surface area (Å²) in [5, 5.41) is 12.7. The first-order chi connectivity index (χ1) is 13.8. The molecule has 150 valence electrons. The molecule has 2 N–H and O–H groups in total. The number of nitrogens with zero attached hydrogens (tertiary/aromatic N) is 1. The third-order valence-electron chi connectivity index (χ3n) is 4.49. The van der Waals surface area contributed by atoms with E-state index in [0.29, 0.717) is 20.6 Å². The van der Waals surface area contributed by atoms with Crippen LogP contribution in [0.15, 0.2) is 41.2 Å². The van der Waals surface area contributed by atoms with E-state index in [1.54, 1.807) is 31.3 Å². The maximum Gasteiger partial charge on any atom is 0.268 e. The van der Waals surface area contributed by atoms with Crippen LogP contribution in [0, 0.1) is 13.8 Å². The molecule has 0 aliphatic carbocycles. The molecule has 1 heterocycles. The highest BCUT2D eigenvalue weighted by Gasteiger charge is 2.07.